The molecular weight excluding hydrogens is 204 g/mol. The van der Waals surface area contributed by atoms with E-state index in [0.717, 1.165) is 19.5 Å². The van der Waals surface area contributed by atoms with E-state index in [9.17, 15) is 4.79 Å². The van der Waals surface area contributed by atoms with E-state index < -0.39 is 5.54 Å². The van der Waals surface area contributed by atoms with Gasteiger partial charge < -0.3 is 15.0 Å². The molecule has 0 radical (unpaired) electrons. The molecule has 1 unspecified atom stereocenters. The number of hydrogen-bond donors (Lipinski definition) is 1. The molecular formula is C12H26N2O2. The van der Waals surface area contributed by atoms with Crippen LogP contribution in [-0.2, 0) is 9.53 Å². The third-order valence-corrected chi connectivity index (χ3v) is 2.62. The van der Waals surface area contributed by atoms with Gasteiger partial charge in [-0.1, -0.05) is 13.8 Å². The zero-order valence-electron chi connectivity index (χ0n) is 11.3. The van der Waals surface area contributed by atoms with Crippen LogP contribution in [0, 0.1) is 0 Å². The fraction of sp³-hybridized carbons (Fsp3) is 0.917. The lowest BCUT2D eigenvalue weighted by Crippen LogP contribution is -2.57. The minimum Gasteiger partial charge on any atom is -0.465 e. The molecule has 0 saturated carbocycles. The van der Waals surface area contributed by atoms with Crippen LogP contribution in [0.25, 0.3) is 0 Å². The van der Waals surface area contributed by atoms with E-state index in [1.165, 1.54) is 0 Å². The highest BCUT2D eigenvalue weighted by Gasteiger charge is 2.34. The Morgan fingerprint density at radius 2 is 2.00 bits per heavy atom. The van der Waals surface area contributed by atoms with Crippen molar-refractivity contribution >= 4 is 5.97 Å². The topological polar surface area (TPSA) is 41.6 Å². The molecule has 0 fully saturated rings. The van der Waals surface area contributed by atoms with Crippen molar-refractivity contribution in [3.05, 3.63) is 0 Å². The minimum atomic E-state index is -0.600. The van der Waals surface area contributed by atoms with Gasteiger partial charge in [0.15, 0.2) is 0 Å². The van der Waals surface area contributed by atoms with Crippen LogP contribution < -0.4 is 5.32 Å². The summed E-state index contributed by atoms with van der Waals surface area (Å²) in [5.74, 6) is -0.163. The molecule has 0 aromatic heterocycles. The van der Waals surface area contributed by atoms with Gasteiger partial charge in [-0.3, -0.25) is 4.79 Å². The van der Waals surface area contributed by atoms with Crippen molar-refractivity contribution in [3.8, 4) is 0 Å². The second-order valence-electron chi connectivity index (χ2n) is 4.31. The fourth-order valence-corrected chi connectivity index (χ4v) is 1.54. The molecule has 96 valence electrons. The number of hydrogen-bond acceptors (Lipinski definition) is 4. The largest absolute Gasteiger partial charge is 0.465 e. The van der Waals surface area contributed by atoms with Gasteiger partial charge >= 0.3 is 5.97 Å². The Morgan fingerprint density at radius 3 is 2.44 bits per heavy atom. The summed E-state index contributed by atoms with van der Waals surface area (Å²) in [6.45, 7) is 10.7. The molecule has 0 aliphatic rings. The molecule has 1 atom stereocenters. The smallest absolute Gasteiger partial charge is 0.327 e. The van der Waals surface area contributed by atoms with E-state index in [1.54, 1.807) is 0 Å². The van der Waals surface area contributed by atoms with Crippen LogP contribution in [0.2, 0.25) is 0 Å². The average Bonchev–Trinajstić information content (AvgIpc) is 2.26. The summed E-state index contributed by atoms with van der Waals surface area (Å²) >= 11 is 0. The number of rotatable bonds is 8. The van der Waals surface area contributed by atoms with Gasteiger partial charge in [-0.15, -0.1) is 0 Å². The van der Waals surface area contributed by atoms with Crippen LogP contribution in [-0.4, -0.2) is 49.7 Å². The number of likely N-dealkylation sites (N-methyl/N-ethyl adjacent to an activating group) is 1. The van der Waals surface area contributed by atoms with Gasteiger partial charge in [0.25, 0.3) is 0 Å². The van der Waals surface area contributed by atoms with Crippen molar-refractivity contribution in [2.45, 2.75) is 39.7 Å². The van der Waals surface area contributed by atoms with Gasteiger partial charge in [-0.05, 0) is 40.4 Å². The summed E-state index contributed by atoms with van der Waals surface area (Å²) < 4.78 is 5.12. The van der Waals surface area contributed by atoms with Crippen LogP contribution in [0.3, 0.4) is 0 Å². The van der Waals surface area contributed by atoms with Gasteiger partial charge in [0, 0.05) is 6.54 Å². The Bertz CT molecular complexity index is 209. The van der Waals surface area contributed by atoms with Crippen LogP contribution in [0.1, 0.15) is 34.1 Å². The van der Waals surface area contributed by atoms with Crippen molar-refractivity contribution in [1.82, 2.24) is 10.2 Å². The monoisotopic (exact) mass is 230 g/mol. The standard InChI is InChI=1S/C12H26N2O2/c1-6-9-13-12(4,10-14(5)7-2)11(15)16-8-3/h13H,6-10H2,1-5H3. The summed E-state index contributed by atoms with van der Waals surface area (Å²) in [5, 5.41) is 3.28. The lowest BCUT2D eigenvalue weighted by molar-refractivity contribution is -0.151. The van der Waals surface area contributed by atoms with Gasteiger partial charge in [-0.25, -0.2) is 0 Å². The molecule has 0 heterocycles. The second kappa shape index (κ2) is 7.63. The lowest BCUT2D eigenvalue weighted by Gasteiger charge is -2.32. The molecule has 0 aromatic carbocycles. The predicted octanol–water partition coefficient (Wildman–Crippen LogP) is 1.26. The van der Waals surface area contributed by atoms with E-state index in [1.807, 2.05) is 20.9 Å². The summed E-state index contributed by atoms with van der Waals surface area (Å²) in [6, 6.07) is 0. The maximum Gasteiger partial charge on any atom is 0.327 e. The summed E-state index contributed by atoms with van der Waals surface area (Å²) in [4.78, 5) is 14.0. The second-order valence-corrected chi connectivity index (χ2v) is 4.31. The molecule has 0 spiro atoms. The highest BCUT2D eigenvalue weighted by atomic mass is 16.5. The summed E-state index contributed by atoms with van der Waals surface area (Å²) in [7, 11) is 2.01. The van der Waals surface area contributed by atoms with Crippen molar-refractivity contribution in [2.24, 2.45) is 0 Å². The van der Waals surface area contributed by atoms with Gasteiger partial charge in [-0.2, -0.15) is 0 Å². The van der Waals surface area contributed by atoms with E-state index in [0.29, 0.717) is 13.2 Å². The molecule has 0 rings (SSSR count). The van der Waals surface area contributed by atoms with E-state index in [4.69, 9.17) is 4.74 Å². The zero-order valence-corrected chi connectivity index (χ0v) is 11.3. The van der Waals surface area contributed by atoms with Crippen molar-refractivity contribution in [1.29, 1.82) is 0 Å². The van der Waals surface area contributed by atoms with Crippen LogP contribution in [0.5, 0.6) is 0 Å². The minimum absolute atomic E-state index is 0.163. The number of nitrogens with zero attached hydrogens (tertiary/aromatic N) is 1. The Morgan fingerprint density at radius 1 is 1.38 bits per heavy atom. The van der Waals surface area contributed by atoms with Crippen molar-refractivity contribution in [3.63, 3.8) is 0 Å². The first kappa shape index (κ1) is 15.4. The lowest BCUT2D eigenvalue weighted by atomic mass is 10.0. The van der Waals surface area contributed by atoms with Gasteiger partial charge in [0.1, 0.15) is 5.54 Å². The zero-order chi connectivity index (χ0) is 12.6. The fourth-order valence-electron chi connectivity index (χ4n) is 1.54. The number of carbonyl (C=O) groups is 1. The summed E-state index contributed by atoms with van der Waals surface area (Å²) in [5.41, 5.74) is -0.600. The molecule has 0 aliphatic carbocycles. The molecule has 0 aromatic rings. The van der Waals surface area contributed by atoms with Crippen LogP contribution in [0.15, 0.2) is 0 Å². The summed E-state index contributed by atoms with van der Waals surface area (Å²) in [6.07, 6.45) is 1.00. The van der Waals surface area contributed by atoms with Crippen molar-refractivity contribution < 1.29 is 9.53 Å². The third kappa shape index (κ3) is 4.94. The molecule has 0 bridgehead atoms. The predicted molar refractivity (Wildman–Crippen MR) is 66.5 cm³/mol. The average molecular weight is 230 g/mol. The highest BCUT2D eigenvalue weighted by Crippen LogP contribution is 2.09. The normalized spacial score (nSPS) is 14.9. The van der Waals surface area contributed by atoms with E-state index >= 15 is 0 Å². The maximum atomic E-state index is 11.9. The molecule has 4 nitrogen and oxygen atoms in total. The quantitative estimate of drug-likeness (QED) is 0.637. The molecule has 0 aliphatic heterocycles. The third-order valence-electron chi connectivity index (χ3n) is 2.62. The maximum absolute atomic E-state index is 11.9. The Balaban J connectivity index is 4.52. The Kier molecular flexibility index (Phi) is 7.34. The first-order valence-electron chi connectivity index (χ1n) is 6.11. The SMILES string of the molecule is CCCNC(C)(CN(C)CC)C(=O)OCC. The first-order valence-corrected chi connectivity index (χ1v) is 6.11. The Hall–Kier alpha value is -0.610. The number of carbonyl (C=O) groups excluding carboxylic acids is 1. The molecule has 1 N–H and O–H groups in total. The van der Waals surface area contributed by atoms with Crippen molar-refractivity contribution in [2.75, 3.05) is 33.3 Å². The number of nitrogens with one attached hydrogen (secondary N) is 1. The van der Waals surface area contributed by atoms with Gasteiger partial charge in [0.05, 0.1) is 6.61 Å². The molecule has 16 heavy (non-hydrogen) atoms. The van der Waals surface area contributed by atoms with Gasteiger partial charge in [0.2, 0.25) is 0 Å². The van der Waals surface area contributed by atoms with Crippen LogP contribution in [0.4, 0.5) is 0 Å². The van der Waals surface area contributed by atoms with E-state index in [-0.39, 0.29) is 5.97 Å². The number of ether oxygens (including phenoxy) is 1. The number of esters is 1. The Labute approximate surface area is 99.3 Å². The van der Waals surface area contributed by atoms with E-state index in [2.05, 4.69) is 24.1 Å². The van der Waals surface area contributed by atoms with Crippen LogP contribution >= 0.6 is 0 Å². The first-order chi connectivity index (χ1) is 7.50. The molecule has 0 saturated heterocycles. The highest BCUT2D eigenvalue weighted by molar-refractivity contribution is 5.80. The molecule has 0 amide bonds. The molecule has 4 heteroatoms.